The van der Waals surface area contributed by atoms with Crippen LogP contribution in [0.5, 0.6) is 0 Å². The third-order valence-corrected chi connectivity index (χ3v) is 2.85. The van der Waals surface area contributed by atoms with Crippen LogP contribution in [0, 0.1) is 5.92 Å². The molecule has 0 radical (unpaired) electrons. The highest BCUT2D eigenvalue weighted by molar-refractivity contribution is 8.18. The van der Waals surface area contributed by atoms with Gasteiger partial charge in [0.25, 0.3) is 11.1 Å². The molecule has 78 valence electrons. The Labute approximate surface area is 86.1 Å². The maximum Gasteiger partial charge on any atom is 0.290 e. The summed E-state index contributed by atoms with van der Waals surface area (Å²) in [6.07, 6.45) is 0.955. The number of amides is 2. The van der Waals surface area contributed by atoms with Crippen LogP contribution in [0.1, 0.15) is 20.3 Å². The summed E-state index contributed by atoms with van der Waals surface area (Å²) >= 11 is 0.825. The third-order valence-electron chi connectivity index (χ3n) is 2.02. The standard InChI is InChI=1S/C9H12FNO2S/c1-3-6(10)5(2)4-7-8(12)11-9(13)14-7/h4-6H,3H2,1-2H3,(H,11,12,13)/b7-4+/t5?,6-/m0/s1. The van der Waals surface area contributed by atoms with Crippen LogP contribution in [-0.4, -0.2) is 17.3 Å². The Bertz CT molecular complexity index is 291. The lowest BCUT2D eigenvalue weighted by Crippen LogP contribution is -2.18. The SMILES string of the molecule is CC[C@H](F)C(C)/C=C1/SC(=O)NC1=O. The minimum Gasteiger partial charge on any atom is -0.282 e. The quantitative estimate of drug-likeness (QED) is 0.737. The lowest BCUT2D eigenvalue weighted by Gasteiger charge is -2.10. The van der Waals surface area contributed by atoms with Gasteiger partial charge in [-0.2, -0.15) is 0 Å². The molecule has 1 aliphatic rings. The molecule has 14 heavy (non-hydrogen) atoms. The molecular formula is C9H12FNO2S. The molecule has 0 aromatic carbocycles. The summed E-state index contributed by atoms with van der Waals surface area (Å²) in [6, 6.07) is 0. The lowest BCUT2D eigenvalue weighted by molar-refractivity contribution is -0.115. The van der Waals surface area contributed by atoms with E-state index in [0.717, 1.165) is 11.8 Å². The van der Waals surface area contributed by atoms with Crippen molar-refractivity contribution in [3.05, 3.63) is 11.0 Å². The monoisotopic (exact) mass is 217 g/mol. The van der Waals surface area contributed by atoms with Gasteiger partial charge in [-0.3, -0.25) is 14.9 Å². The Morgan fingerprint density at radius 3 is 2.64 bits per heavy atom. The van der Waals surface area contributed by atoms with E-state index in [9.17, 15) is 14.0 Å². The Hall–Kier alpha value is -0.840. The zero-order valence-electron chi connectivity index (χ0n) is 8.04. The molecule has 0 bridgehead atoms. The Kier molecular flexibility index (Phi) is 3.69. The Morgan fingerprint density at radius 2 is 2.21 bits per heavy atom. The molecule has 1 rings (SSSR count). The van der Waals surface area contributed by atoms with Crippen molar-refractivity contribution in [2.24, 2.45) is 5.92 Å². The van der Waals surface area contributed by atoms with Crippen molar-refractivity contribution in [2.75, 3.05) is 0 Å². The van der Waals surface area contributed by atoms with E-state index in [4.69, 9.17) is 0 Å². The van der Waals surface area contributed by atoms with Gasteiger partial charge < -0.3 is 0 Å². The fourth-order valence-electron chi connectivity index (χ4n) is 1.15. The van der Waals surface area contributed by atoms with Gasteiger partial charge in [-0.25, -0.2) is 4.39 Å². The van der Waals surface area contributed by atoms with Gasteiger partial charge in [0.05, 0.1) is 4.91 Å². The van der Waals surface area contributed by atoms with Gasteiger partial charge in [0.1, 0.15) is 6.17 Å². The first-order valence-electron chi connectivity index (χ1n) is 4.43. The molecule has 1 N–H and O–H groups in total. The van der Waals surface area contributed by atoms with Crippen LogP contribution in [0.15, 0.2) is 11.0 Å². The summed E-state index contributed by atoms with van der Waals surface area (Å²) in [5, 5.41) is 1.73. The summed E-state index contributed by atoms with van der Waals surface area (Å²) in [5.74, 6) is -0.755. The first-order valence-corrected chi connectivity index (χ1v) is 5.25. The normalized spacial score (nSPS) is 23.8. The first-order chi connectivity index (χ1) is 6.54. The summed E-state index contributed by atoms with van der Waals surface area (Å²) in [4.78, 5) is 22.2. The lowest BCUT2D eigenvalue weighted by atomic mass is 10.0. The number of carbonyl (C=O) groups excluding carboxylic acids is 2. The summed E-state index contributed by atoms with van der Waals surface area (Å²) in [7, 11) is 0. The molecule has 0 saturated carbocycles. The van der Waals surface area contributed by atoms with Gasteiger partial charge in [-0.1, -0.05) is 19.9 Å². The maximum atomic E-state index is 13.1. The third kappa shape index (κ3) is 2.57. The number of allylic oxidation sites excluding steroid dienone is 1. The number of rotatable bonds is 3. The van der Waals surface area contributed by atoms with Gasteiger partial charge >= 0.3 is 0 Å². The highest BCUT2D eigenvalue weighted by Crippen LogP contribution is 2.26. The van der Waals surface area contributed by atoms with Gasteiger partial charge in [-0.05, 0) is 18.2 Å². The molecule has 1 fully saturated rings. The van der Waals surface area contributed by atoms with E-state index in [0.29, 0.717) is 11.3 Å². The second-order valence-corrected chi connectivity index (χ2v) is 4.17. The van der Waals surface area contributed by atoms with Crippen LogP contribution in [0.3, 0.4) is 0 Å². The topological polar surface area (TPSA) is 46.2 Å². The minimum atomic E-state index is -0.966. The molecule has 3 nitrogen and oxygen atoms in total. The molecule has 2 atom stereocenters. The van der Waals surface area contributed by atoms with E-state index in [2.05, 4.69) is 5.32 Å². The van der Waals surface area contributed by atoms with Crippen LogP contribution < -0.4 is 5.32 Å². The molecule has 2 amide bonds. The number of thioether (sulfide) groups is 1. The smallest absolute Gasteiger partial charge is 0.282 e. The van der Waals surface area contributed by atoms with Crippen LogP contribution in [-0.2, 0) is 4.79 Å². The fourth-order valence-corrected chi connectivity index (χ4v) is 1.92. The largest absolute Gasteiger partial charge is 0.290 e. The number of imide groups is 1. The van der Waals surface area contributed by atoms with Gasteiger partial charge in [0.15, 0.2) is 0 Å². The van der Waals surface area contributed by atoms with Crippen molar-refractivity contribution in [3.63, 3.8) is 0 Å². The van der Waals surface area contributed by atoms with E-state index in [1.807, 2.05) is 0 Å². The molecular weight excluding hydrogens is 205 g/mol. The van der Waals surface area contributed by atoms with E-state index in [1.165, 1.54) is 6.08 Å². The van der Waals surface area contributed by atoms with E-state index >= 15 is 0 Å². The van der Waals surface area contributed by atoms with Crippen LogP contribution in [0.25, 0.3) is 0 Å². The second-order valence-electron chi connectivity index (χ2n) is 3.16. The number of alkyl halides is 1. The molecule has 1 saturated heterocycles. The van der Waals surface area contributed by atoms with E-state index in [1.54, 1.807) is 13.8 Å². The molecule has 0 spiro atoms. The second kappa shape index (κ2) is 4.59. The van der Waals surface area contributed by atoms with Crippen molar-refractivity contribution in [2.45, 2.75) is 26.4 Å². The van der Waals surface area contributed by atoms with E-state index < -0.39 is 12.1 Å². The maximum absolute atomic E-state index is 13.1. The number of hydrogen-bond acceptors (Lipinski definition) is 3. The van der Waals surface area contributed by atoms with Crippen molar-refractivity contribution < 1.29 is 14.0 Å². The van der Waals surface area contributed by atoms with Crippen LogP contribution in [0.4, 0.5) is 9.18 Å². The highest BCUT2D eigenvalue weighted by Gasteiger charge is 2.26. The Morgan fingerprint density at radius 1 is 1.57 bits per heavy atom. The zero-order chi connectivity index (χ0) is 10.7. The molecule has 1 unspecified atom stereocenters. The molecule has 5 heteroatoms. The number of halogens is 1. The number of nitrogens with one attached hydrogen (secondary N) is 1. The minimum absolute atomic E-state index is 0.304. The fraction of sp³-hybridized carbons (Fsp3) is 0.556. The molecule has 0 aromatic rings. The first kappa shape index (κ1) is 11.2. The molecule has 0 aromatic heterocycles. The molecule has 1 aliphatic heterocycles. The molecule has 0 aliphatic carbocycles. The van der Waals surface area contributed by atoms with Gasteiger partial charge in [-0.15, -0.1) is 0 Å². The summed E-state index contributed by atoms with van der Waals surface area (Å²) in [6.45, 7) is 3.44. The average Bonchev–Trinajstić information content (AvgIpc) is 2.44. The van der Waals surface area contributed by atoms with Crippen molar-refractivity contribution in [3.8, 4) is 0 Å². The molecule has 1 heterocycles. The van der Waals surface area contributed by atoms with E-state index in [-0.39, 0.29) is 11.2 Å². The number of hydrogen-bond donors (Lipinski definition) is 1. The Balaban J connectivity index is 2.68. The van der Waals surface area contributed by atoms with Gasteiger partial charge in [0.2, 0.25) is 0 Å². The summed E-state index contributed by atoms with van der Waals surface area (Å²) in [5.41, 5.74) is 0. The van der Waals surface area contributed by atoms with Crippen molar-refractivity contribution in [1.82, 2.24) is 5.32 Å². The summed E-state index contributed by atoms with van der Waals surface area (Å²) < 4.78 is 13.1. The predicted octanol–water partition coefficient (Wildman–Crippen LogP) is 2.24. The zero-order valence-corrected chi connectivity index (χ0v) is 8.86. The predicted molar refractivity (Wildman–Crippen MR) is 53.6 cm³/mol. The van der Waals surface area contributed by atoms with Crippen molar-refractivity contribution >= 4 is 22.9 Å². The highest BCUT2D eigenvalue weighted by atomic mass is 32.2. The van der Waals surface area contributed by atoms with Crippen molar-refractivity contribution in [1.29, 1.82) is 0 Å². The van der Waals surface area contributed by atoms with Crippen LogP contribution in [0.2, 0.25) is 0 Å². The number of carbonyl (C=O) groups is 2. The van der Waals surface area contributed by atoms with Gasteiger partial charge in [0, 0.05) is 5.92 Å². The average molecular weight is 217 g/mol. The van der Waals surface area contributed by atoms with Crippen LogP contribution >= 0.6 is 11.8 Å².